The number of amides is 4. The zero-order valence-electron chi connectivity index (χ0n) is 14.8. The van der Waals surface area contributed by atoms with Crippen LogP contribution in [0.3, 0.4) is 0 Å². The fraction of sp³-hybridized carbons (Fsp3) is 0.421. The average molecular weight is 354 g/mol. The summed E-state index contributed by atoms with van der Waals surface area (Å²) in [5, 5.41) is 3.42. The van der Waals surface area contributed by atoms with E-state index in [9.17, 15) is 14.4 Å². The lowest BCUT2D eigenvalue weighted by Crippen LogP contribution is -2.49. The maximum atomic E-state index is 12.3. The number of imide groups is 1. The number of benzene rings is 1. The number of anilines is 1. The van der Waals surface area contributed by atoms with E-state index in [1.54, 1.807) is 4.90 Å². The number of nitrogens with zero attached hydrogens (tertiary/aromatic N) is 3. The lowest BCUT2D eigenvalue weighted by molar-refractivity contribution is -0.120. The van der Waals surface area contributed by atoms with Crippen LogP contribution in [-0.4, -0.2) is 47.4 Å². The van der Waals surface area contributed by atoms with Crippen LogP contribution in [0, 0.1) is 6.92 Å². The molecule has 2 aliphatic rings. The first-order chi connectivity index (χ1) is 12.6. The predicted molar refractivity (Wildman–Crippen MR) is 98.1 cm³/mol. The highest BCUT2D eigenvalue weighted by atomic mass is 16.2. The van der Waals surface area contributed by atoms with Crippen LogP contribution in [0.15, 0.2) is 24.4 Å². The number of hydrogen-bond acceptors (Lipinski definition) is 3. The minimum absolute atomic E-state index is 0.226. The third-order valence-electron chi connectivity index (χ3n) is 5.44. The van der Waals surface area contributed by atoms with Crippen LogP contribution in [0.4, 0.5) is 10.5 Å². The first-order valence-corrected chi connectivity index (χ1v) is 8.99. The number of rotatable bonds is 3. The first-order valence-electron chi connectivity index (χ1n) is 8.99. The van der Waals surface area contributed by atoms with E-state index in [2.05, 4.69) is 22.1 Å². The number of carbonyl (C=O) groups excluding carboxylic acids is 3. The first kappa shape index (κ1) is 16.6. The second-order valence-electron chi connectivity index (χ2n) is 7.01. The van der Waals surface area contributed by atoms with E-state index in [0.717, 1.165) is 54.5 Å². The van der Waals surface area contributed by atoms with E-state index >= 15 is 0 Å². The Balaban J connectivity index is 1.71. The molecule has 2 aliphatic heterocycles. The minimum atomic E-state index is -0.358. The molecule has 136 valence electrons. The molecule has 0 radical (unpaired) electrons. The van der Waals surface area contributed by atoms with Crippen molar-refractivity contribution in [1.82, 2.24) is 14.8 Å². The maximum Gasteiger partial charge on any atom is 0.328 e. The highest BCUT2D eigenvalue weighted by Crippen LogP contribution is 2.35. The van der Waals surface area contributed by atoms with Gasteiger partial charge in [0.25, 0.3) is 0 Å². The van der Waals surface area contributed by atoms with Crippen molar-refractivity contribution < 1.29 is 14.4 Å². The Bertz CT molecular complexity index is 880. The van der Waals surface area contributed by atoms with Gasteiger partial charge in [-0.3, -0.25) is 19.8 Å². The molecular weight excluding hydrogens is 332 g/mol. The number of fused-ring (bicyclic) bond motifs is 1. The highest BCUT2D eigenvalue weighted by Gasteiger charge is 2.28. The predicted octanol–water partition coefficient (Wildman–Crippen LogP) is 2.19. The molecular formula is C19H22N4O3. The van der Waals surface area contributed by atoms with Crippen molar-refractivity contribution in [3.05, 3.63) is 30.0 Å². The SMILES string of the molecule is Cc1ccc2c(ccn2C2CCN(C=O)CC2)c1N1CCC(=O)NC1=O. The Hall–Kier alpha value is -2.83. The van der Waals surface area contributed by atoms with Gasteiger partial charge in [-0.2, -0.15) is 0 Å². The minimum Gasteiger partial charge on any atom is -0.345 e. The van der Waals surface area contributed by atoms with E-state index in [0.29, 0.717) is 19.0 Å². The summed E-state index contributed by atoms with van der Waals surface area (Å²) in [6.07, 6.45) is 5.14. The van der Waals surface area contributed by atoms with E-state index in [4.69, 9.17) is 0 Å². The second-order valence-corrected chi connectivity index (χ2v) is 7.01. The second kappa shape index (κ2) is 6.48. The van der Waals surface area contributed by atoms with Crippen LogP contribution >= 0.6 is 0 Å². The van der Waals surface area contributed by atoms with Gasteiger partial charge in [0, 0.05) is 43.7 Å². The summed E-state index contributed by atoms with van der Waals surface area (Å²) >= 11 is 0. The van der Waals surface area contributed by atoms with Crippen LogP contribution in [0.5, 0.6) is 0 Å². The monoisotopic (exact) mass is 354 g/mol. The molecule has 0 spiro atoms. The smallest absolute Gasteiger partial charge is 0.328 e. The van der Waals surface area contributed by atoms with Gasteiger partial charge < -0.3 is 9.47 Å². The summed E-state index contributed by atoms with van der Waals surface area (Å²) in [5.41, 5.74) is 2.96. The van der Waals surface area contributed by atoms with Crippen LogP contribution in [-0.2, 0) is 9.59 Å². The topological polar surface area (TPSA) is 74.7 Å². The van der Waals surface area contributed by atoms with E-state index in [1.165, 1.54) is 0 Å². The lowest BCUT2D eigenvalue weighted by atomic mass is 10.0. The number of piperidine rings is 1. The number of hydrogen-bond donors (Lipinski definition) is 1. The van der Waals surface area contributed by atoms with Crippen molar-refractivity contribution in [2.24, 2.45) is 0 Å². The molecule has 4 amide bonds. The van der Waals surface area contributed by atoms with Crippen LogP contribution in [0.2, 0.25) is 0 Å². The van der Waals surface area contributed by atoms with Crippen molar-refractivity contribution in [1.29, 1.82) is 0 Å². The van der Waals surface area contributed by atoms with Crippen LogP contribution in [0.25, 0.3) is 10.9 Å². The molecule has 7 heteroatoms. The summed E-state index contributed by atoms with van der Waals surface area (Å²) in [7, 11) is 0. The molecule has 0 aliphatic carbocycles. The largest absolute Gasteiger partial charge is 0.345 e. The molecule has 4 rings (SSSR count). The third-order valence-corrected chi connectivity index (χ3v) is 5.44. The quantitative estimate of drug-likeness (QED) is 0.859. The summed E-state index contributed by atoms with van der Waals surface area (Å²) in [5.74, 6) is -0.226. The molecule has 3 heterocycles. The van der Waals surface area contributed by atoms with Crippen molar-refractivity contribution in [2.45, 2.75) is 32.2 Å². The molecule has 0 atom stereocenters. The van der Waals surface area contributed by atoms with E-state index < -0.39 is 0 Å². The number of urea groups is 1. The standard InChI is InChI=1S/C19H22N4O3/c1-13-2-3-16-15(18(13)23-11-7-17(25)20-19(23)26)6-10-22(16)14-4-8-21(12-24)9-5-14/h2-3,6,10,12,14H,4-5,7-9,11H2,1H3,(H,20,25,26). The normalized spacial score (nSPS) is 19.1. The summed E-state index contributed by atoms with van der Waals surface area (Å²) in [6.45, 7) is 3.91. The zero-order valence-corrected chi connectivity index (χ0v) is 14.8. The third kappa shape index (κ3) is 2.73. The molecule has 0 bridgehead atoms. The Kier molecular flexibility index (Phi) is 4.14. The van der Waals surface area contributed by atoms with Gasteiger partial charge in [-0.15, -0.1) is 0 Å². The molecule has 0 unspecified atom stereocenters. The van der Waals surface area contributed by atoms with Crippen molar-refractivity contribution >= 4 is 34.9 Å². The number of carbonyl (C=O) groups is 3. The maximum absolute atomic E-state index is 12.3. The fourth-order valence-corrected chi connectivity index (χ4v) is 4.05. The van der Waals surface area contributed by atoms with Gasteiger partial charge in [0.2, 0.25) is 12.3 Å². The van der Waals surface area contributed by atoms with E-state index in [-0.39, 0.29) is 11.9 Å². The number of nitrogens with one attached hydrogen (secondary N) is 1. The van der Waals surface area contributed by atoms with Crippen LogP contribution in [0.1, 0.15) is 30.9 Å². The lowest BCUT2D eigenvalue weighted by Gasteiger charge is -2.31. The van der Waals surface area contributed by atoms with E-state index in [1.807, 2.05) is 24.0 Å². The molecule has 2 fully saturated rings. The molecule has 1 aromatic carbocycles. The van der Waals surface area contributed by atoms with Gasteiger partial charge in [0.1, 0.15) is 0 Å². The summed E-state index contributed by atoms with van der Waals surface area (Å²) < 4.78 is 2.26. The summed E-state index contributed by atoms with van der Waals surface area (Å²) in [4.78, 5) is 38.2. The molecule has 26 heavy (non-hydrogen) atoms. The summed E-state index contributed by atoms with van der Waals surface area (Å²) in [6, 6.07) is 6.15. The van der Waals surface area contributed by atoms with Crippen molar-refractivity contribution in [2.75, 3.05) is 24.5 Å². The van der Waals surface area contributed by atoms with Gasteiger partial charge in [-0.1, -0.05) is 6.07 Å². The molecule has 1 N–H and O–H groups in total. The Morgan fingerprint density at radius 3 is 2.58 bits per heavy atom. The van der Waals surface area contributed by atoms with Gasteiger partial charge in [-0.25, -0.2) is 4.79 Å². The molecule has 2 saturated heterocycles. The molecule has 7 nitrogen and oxygen atoms in total. The van der Waals surface area contributed by atoms with Gasteiger partial charge in [-0.05, 0) is 37.5 Å². The fourth-order valence-electron chi connectivity index (χ4n) is 4.05. The highest BCUT2D eigenvalue weighted by molar-refractivity contribution is 6.10. The molecule has 1 aromatic heterocycles. The van der Waals surface area contributed by atoms with Gasteiger partial charge in [0.15, 0.2) is 0 Å². The number of aryl methyl sites for hydroxylation is 1. The van der Waals surface area contributed by atoms with Crippen LogP contribution < -0.4 is 10.2 Å². The molecule has 2 aromatic rings. The Morgan fingerprint density at radius 2 is 1.88 bits per heavy atom. The average Bonchev–Trinajstić information content (AvgIpc) is 3.07. The number of aromatic nitrogens is 1. The van der Waals surface area contributed by atoms with Crippen molar-refractivity contribution in [3.8, 4) is 0 Å². The number of likely N-dealkylation sites (tertiary alicyclic amines) is 1. The van der Waals surface area contributed by atoms with Gasteiger partial charge >= 0.3 is 6.03 Å². The Morgan fingerprint density at radius 1 is 1.12 bits per heavy atom. The zero-order chi connectivity index (χ0) is 18.3. The molecule has 0 saturated carbocycles. The van der Waals surface area contributed by atoms with Gasteiger partial charge in [0.05, 0.1) is 11.2 Å². The Labute approximate surface area is 151 Å². The van der Waals surface area contributed by atoms with Crippen molar-refractivity contribution in [3.63, 3.8) is 0 Å².